The number of fused-ring (bicyclic) bond motifs is 1. The van der Waals surface area contributed by atoms with Crippen LogP contribution in [0.1, 0.15) is 5.56 Å². The van der Waals surface area contributed by atoms with E-state index in [0.717, 1.165) is 12.3 Å². The summed E-state index contributed by atoms with van der Waals surface area (Å²) < 4.78 is 81.1. The van der Waals surface area contributed by atoms with Gasteiger partial charge in [-0.3, -0.25) is 9.25 Å². The summed E-state index contributed by atoms with van der Waals surface area (Å²) in [6, 6.07) is 6.85. The number of pyridine rings is 1. The van der Waals surface area contributed by atoms with Crippen molar-refractivity contribution in [2.45, 2.75) is 26.0 Å². The number of nitrogens with zero attached hydrogens (tertiary/aromatic N) is 4. The number of aryl methyl sites for hydroxylation is 1. The zero-order chi connectivity index (χ0) is 23.3. The molecule has 0 fully saturated rings. The molecule has 0 spiro atoms. The van der Waals surface area contributed by atoms with Crippen LogP contribution in [0.3, 0.4) is 0 Å². The average Bonchev–Trinajstić information content (AvgIpc) is 3.23. The number of hydrogen-bond donors (Lipinski definition) is 1. The van der Waals surface area contributed by atoms with Gasteiger partial charge >= 0.3 is 12.5 Å². The molecule has 4 rings (SSSR count). The minimum Gasteiger partial charge on any atom is -0.494 e. The summed E-state index contributed by atoms with van der Waals surface area (Å²) in [6.07, 6.45) is -5.60. The van der Waals surface area contributed by atoms with Gasteiger partial charge in [-0.25, -0.2) is 4.98 Å². The molecule has 4 aromatic rings. The molecule has 3 heterocycles. The molecule has 0 unspecified atom stereocenters. The Morgan fingerprint density at radius 2 is 1.81 bits per heavy atom. The van der Waals surface area contributed by atoms with Crippen LogP contribution in [0.2, 0.25) is 0 Å². The third-order valence-electron chi connectivity index (χ3n) is 4.55. The first kappa shape index (κ1) is 21.5. The van der Waals surface area contributed by atoms with Crippen LogP contribution in [0.4, 0.5) is 26.3 Å². The summed E-state index contributed by atoms with van der Waals surface area (Å²) in [7, 11) is 0. The second-order valence-electron chi connectivity index (χ2n) is 6.99. The van der Waals surface area contributed by atoms with E-state index in [0.29, 0.717) is 32.4 Å². The number of benzene rings is 1. The van der Waals surface area contributed by atoms with Crippen LogP contribution < -0.4 is 4.74 Å². The van der Waals surface area contributed by atoms with E-state index in [4.69, 9.17) is 0 Å². The summed E-state index contributed by atoms with van der Waals surface area (Å²) in [4.78, 5) is 4.39. The molecule has 1 N–H and O–H groups in total. The molecule has 0 aliphatic carbocycles. The maximum absolute atomic E-state index is 12.6. The Labute approximate surface area is 176 Å². The molecule has 0 aliphatic rings. The fraction of sp³-hybridized carbons (Fsp3) is 0.200. The highest BCUT2D eigenvalue weighted by molar-refractivity contribution is 5.90. The van der Waals surface area contributed by atoms with Gasteiger partial charge in [0.25, 0.3) is 0 Å². The third kappa shape index (κ3) is 4.48. The van der Waals surface area contributed by atoms with Crippen LogP contribution in [-0.4, -0.2) is 37.0 Å². The van der Waals surface area contributed by atoms with Crippen molar-refractivity contribution in [3.8, 4) is 28.6 Å². The minimum atomic E-state index is -4.84. The summed E-state index contributed by atoms with van der Waals surface area (Å²) >= 11 is 0. The van der Waals surface area contributed by atoms with E-state index in [9.17, 15) is 31.4 Å². The molecule has 3 aromatic heterocycles. The van der Waals surface area contributed by atoms with E-state index < -0.39 is 24.8 Å². The summed E-state index contributed by atoms with van der Waals surface area (Å²) in [6.45, 7) is 0.382. The van der Waals surface area contributed by atoms with Gasteiger partial charge in [0.1, 0.15) is 12.3 Å². The molecule has 0 saturated carbocycles. The minimum absolute atomic E-state index is 0.186. The normalized spacial score (nSPS) is 12.5. The van der Waals surface area contributed by atoms with Crippen molar-refractivity contribution in [3.05, 3.63) is 54.5 Å². The largest absolute Gasteiger partial charge is 0.573 e. The van der Waals surface area contributed by atoms with Crippen LogP contribution in [-0.2, 0) is 6.54 Å². The van der Waals surface area contributed by atoms with Crippen molar-refractivity contribution in [3.63, 3.8) is 0 Å². The van der Waals surface area contributed by atoms with Crippen LogP contribution in [0.25, 0.3) is 27.8 Å². The highest BCUT2D eigenvalue weighted by atomic mass is 19.4. The van der Waals surface area contributed by atoms with Crippen LogP contribution in [0.5, 0.6) is 11.6 Å². The Bertz CT molecular complexity index is 1290. The number of ether oxygens (including phenoxy) is 1. The lowest BCUT2D eigenvalue weighted by molar-refractivity contribution is -0.274. The Kier molecular flexibility index (Phi) is 5.02. The summed E-state index contributed by atoms with van der Waals surface area (Å²) in [5.74, 6) is -0.663. The first-order chi connectivity index (χ1) is 14.9. The second-order valence-corrected chi connectivity index (χ2v) is 6.99. The average molecular weight is 456 g/mol. The molecule has 0 atom stereocenters. The van der Waals surface area contributed by atoms with E-state index in [-0.39, 0.29) is 11.6 Å². The zero-order valence-corrected chi connectivity index (χ0v) is 16.2. The number of rotatable bonds is 4. The Balaban J connectivity index is 1.74. The first-order valence-electron chi connectivity index (χ1n) is 9.07. The predicted molar refractivity (Wildman–Crippen MR) is 101 cm³/mol. The Hall–Kier alpha value is -3.70. The van der Waals surface area contributed by atoms with Gasteiger partial charge in [-0.05, 0) is 30.7 Å². The Morgan fingerprint density at radius 3 is 2.50 bits per heavy atom. The second kappa shape index (κ2) is 7.46. The van der Waals surface area contributed by atoms with Crippen molar-refractivity contribution >= 4 is 10.9 Å². The number of aromatic hydroxyl groups is 1. The van der Waals surface area contributed by atoms with Crippen LogP contribution in [0, 0.1) is 6.92 Å². The highest BCUT2D eigenvalue weighted by Crippen LogP contribution is 2.35. The molecule has 0 radical (unpaired) electrons. The fourth-order valence-corrected chi connectivity index (χ4v) is 3.33. The van der Waals surface area contributed by atoms with Gasteiger partial charge in [0, 0.05) is 18.0 Å². The smallest absolute Gasteiger partial charge is 0.494 e. The lowest BCUT2D eigenvalue weighted by Crippen LogP contribution is -2.17. The maximum Gasteiger partial charge on any atom is 0.573 e. The Morgan fingerprint density at radius 1 is 1.06 bits per heavy atom. The monoisotopic (exact) mass is 456 g/mol. The van der Waals surface area contributed by atoms with Crippen LogP contribution in [0.15, 0.2) is 48.9 Å². The van der Waals surface area contributed by atoms with Crippen LogP contribution >= 0.6 is 0 Å². The van der Waals surface area contributed by atoms with Crippen molar-refractivity contribution in [2.75, 3.05) is 0 Å². The highest BCUT2D eigenvalue weighted by Gasteiger charge is 2.31. The lowest BCUT2D eigenvalue weighted by atomic mass is 10.1. The van der Waals surface area contributed by atoms with E-state index in [1.54, 1.807) is 19.1 Å². The van der Waals surface area contributed by atoms with E-state index in [1.165, 1.54) is 29.1 Å². The molecular formula is C20H14F6N4O2. The lowest BCUT2D eigenvalue weighted by Gasteiger charge is -2.10. The molecule has 0 saturated heterocycles. The van der Waals surface area contributed by atoms with Crippen molar-refractivity contribution in [1.82, 2.24) is 19.3 Å². The molecule has 1 aromatic carbocycles. The van der Waals surface area contributed by atoms with Gasteiger partial charge in [-0.1, -0.05) is 12.1 Å². The number of alkyl halides is 6. The fourth-order valence-electron chi connectivity index (χ4n) is 3.33. The number of halogens is 6. The molecule has 0 aliphatic heterocycles. The van der Waals surface area contributed by atoms with Gasteiger partial charge in [0.2, 0.25) is 5.88 Å². The SMILES string of the molecule is Cc1cc(-c2cccc(OC(F)(F)F)c2)nc2cn(-c3cnn(CC(F)(F)F)c3)c(O)c12. The molecule has 168 valence electrons. The van der Waals surface area contributed by atoms with E-state index in [1.807, 2.05) is 0 Å². The molecule has 6 nitrogen and oxygen atoms in total. The maximum atomic E-state index is 12.6. The van der Waals surface area contributed by atoms with E-state index in [2.05, 4.69) is 14.8 Å². The molecule has 0 amide bonds. The molecule has 32 heavy (non-hydrogen) atoms. The van der Waals surface area contributed by atoms with Crippen molar-refractivity contribution < 1.29 is 36.2 Å². The first-order valence-corrected chi connectivity index (χ1v) is 9.07. The van der Waals surface area contributed by atoms with Gasteiger partial charge < -0.3 is 9.84 Å². The summed E-state index contributed by atoms with van der Waals surface area (Å²) in [5.41, 5.74) is 1.72. The molecule has 12 heteroatoms. The van der Waals surface area contributed by atoms with Gasteiger partial charge in [0.05, 0.1) is 28.5 Å². The van der Waals surface area contributed by atoms with Crippen molar-refractivity contribution in [1.29, 1.82) is 0 Å². The predicted octanol–water partition coefficient (Wildman–Crippen LogP) is 5.36. The standard InChI is InChI=1S/C20H14F6N4O2/c1-11-5-15(12-3-2-4-14(6-12)32-20(24,25)26)28-16-9-30(18(31)17(11)16)13-7-27-29(8-13)10-19(21,22)23/h2-9,31H,10H2,1H3. The van der Waals surface area contributed by atoms with Gasteiger partial charge in [-0.2, -0.15) is 18.3 Å². The molecule has 0 bridgehead atoms. The quantitative estimate of drug-likeness (QED) is 0.420. The van der Waals surface area contributed by atoms with Crippen molar-refractivity contribution in [2.24, 2.45) is 0 Å². The third-order valence-corrected chi connectivity index (χ3v) is 4.55. The van der Waals surface area contributed by atoms with E-state index >= 15 is 0 Å². The summed E-state index contributed by atoms with van der Waals surface area (Å²) in [5, 5.41) is 14.6. The zero-order valence-electron chi connectivity index (χ0n) is 16.2. The van der Waals surface area contributed by atoms with Gasteiger partial charge in [0.15, 0.2) is 0 Å². The van der Waals surface area contributed by atoms with Gasteiger partial charge in [-0.15, -0.1) is 13.2 Å². The topological polar surface area (TPSA) is 65.1 Å². The number of aromatic nitrogens is 4. The number of hydrogen-bond acceptors (Lipinski definition) is 4. The molecular weight excluding hydrogens is 442 g/mol.